The summed E-state index contributed by atoms with van der Waals surface area (Å²) in [4.78, 5) is 14.3. The molecule has 2 atom stereocenters. The number of nitrogens with zero attached hydrogens (tertiary/aromatic N) is 2. The first-order valence-corrected chi connectivity index (χ1v) is 7.81. The number of piperidine rings is 1. The standard InChI is InChI=1S/C17H22N2O3/c1-2-18-7-5-12-9-13(3-4-15(12)18)17(22)19-8-6-14(11-20)16(21)10-19/h3-5,7,9,14,16,20-21H,2,6,8,10-11H2,1H3/t14-,16+/m1/s1. The minimum absolute atomic E-state index is 0.0281. The van der Waals surface area contributed by atoms with E-state index >= 15 is 0 Å². The van der Waals surface area contributed by atoms with E-state index in [1.54, 1.807) is 4.90 Å². The van der Waals surface area contributed by atoms with Gasteiger partial charge >= 0.3 is 0 Å². The van der Waals surface area contributed by atoms with E-state index in [9.17, 15) is 15.0 Å². The number of hydrogen-bond acceptors (Lipinski definition) is 3. The molecule has 0 aliphatic carbocycles. The summed E-state index contributed by atoms with van der Waals surface area (Å²) in [5.74, 6) is -0.174. The molecular weight excluding hydrogens is 280 g/mol. The first-order valence-electron chi connectivity index (χ1n) is 7.81. The molecule has 0 radical (unpaired) electrons. The molecule has 0 saturated carbocycles. The number of β-amino-alcohol motifs (C(OH)–C–C–N with tert-alkyl or cyclic N) is 1. The Balaban J connectivity index is 1.80. The summed E-state index contributed by atoms with van der Waals surface area (Å²) in [5.41, 5.74) is 1.77. The number of amides is 1. The highest BCUT2D eigenvalue weighted by atomic mass is 16.3. The molecule has 1 saturated heterocycles. The van der Waals surface area contributed by atoms with Crippen molar-refractivity contribution in [1.29, 1.82) is 0 Å². The van der Waals surface area contributed by atoms with Crippen LogP contribution in [-0.2, 0) is 6.54 Å². The second-order valence-corrected chi connectivity index (χ2v) is 5.93. The summed E-state index contributed by atoms with van der Waals surface area (Å²) >= 11 is 0. The summed E-state index contributed by atoms with van der Waals surface area (Å²) in [6.45, 7) is 3.83. The first-order chi connectivity index (χ1) is 10.6. The third-order valence-electron chi connectivity index (χ3n) is 4.60. The predicted octanol–water partition coefficient (Wildman–Crippen LogP) is 1.48. The molecule has 0 spiro atoms. The number of carbonyl (C=O) groups excluding carboxylic acids is 1. The third kappa shape index (κ3) is 2.62. The van der Waals surface area contributed by atoms with E-state index in [-0.39, 0.29) is 25.0 Å². The Morgan fingerprint density at radius 1 is 1.36 bits per heavy atom. The van der Waals surface area contributed by atoms with Gasteiger partial charge in [0, 0.05) is 54.8 Å². The van der Waals surface area contributed by atoms with E-state index in [1.165, 1.54) is 0 Å². The molecule has 22 heavy (non-hydrogen) atoms. The molecule has 1 aromatic carbocycles. The maximum absolute atomic E-state index is 12.6. The number of aryl methyl sites for hydroxylation is 1. The molecular formula is C17H22N2O3. The zero-order valence-corrected chi connectivity index (χ0v) is 12.8. The molecule has 1 aliphatic rings. The highest BCUT2D eigenvalue weighted by molar-refractivity contribution is 5.98. The third-order valence-corrected chi connectivity index (χ3v) is 4.60. The van der Waals surface area contributed by atoms with Crippen LogP contribution in [0, 0.1) is 5.92 Å². The molecule has 1 aromatic heterocycles. The number of aliphatic hydroxyl groups excluding tert-OH is 2. The molecule has 1 amide bonds. The Morgan fingerprint density at radius 2 is 2.18 bits per heavy atom. The van der Waals surface area contributed by atoms with E-state index in [2.05, 4.69) is 11.5 Å². The van der Waals surface area contributed by atoms with Gasteiger partial charge in [-0.2, -0.15) is 0 Å². The topological polar surface area (TPSA) is 65.7 Å². The lowest BCUT2D eigenvalue weighted by atomic mass is 9.94. The fourth-order valence-electron chi connectivity index (χ4n) is 3.17. The number of likely N-dealkylation sites (tertiary alicyclic amines) is 1. The average molecular weight is 302 g/mol. The van der Waals surface area contributed by atoms with Gasteiger partial charge in [-0.3, -0.25) is 4.79 Å². The minimum atomic E-state index is -0.646. The van der Waals surface area contributed by atoms with Gasteiger partial charge in [-0.25, -0.2) is 0 Å². The number of aromatic nitrogens is 1. The monoisotopic (exact) mass is 302 g/mol. The summed E-state index contributed by atoms with van der Waals surface area (Å²) in [6.07, 6.45) is 2.01. The fourth-order valence-corrected chi connectivity index (χ4v) is 3.17. The Hall–Kier alpha value is -1.85. The van der Waals surface area contributed by atoms with Crippen LogP contribution in [0.4, 0.5) is 0 Å². The molecule has 1 aliphatic heterocycles. The first kappa shape index (κ1) is 15.1. The van der Waals surface area contributed by atoms with Crippen LogP contribution in [-0.4, -0.2) is 51.4 Å². The number of aliphatic hydroxyl groups is 2. The smallest absolute Gasteiger partial charge is 0.253 e. The van der Waals surface area contributed by atoms with Crippen molar-refractivity contribution in [3.05, 3.63) is 36.0 Å². The lowest BCUT2D eigenvalue weighted by molar-refractivity contribution is 0.000884. The molecule has 0 bridgehead atoms. The number of carbonyl (C=O) groups is 1. The van der Waals surface area contributed by atoms with Gasteiger partial charge in [-0.15, -0.1) is 0 Å². The van der Waals surface area contributed by atoms with Gasteiger partial charge in [0.05, 0.1) is 6.10 Å². The second kappa shape index (κ2) is 6.10. The second-order valence-electron chi connectivity index (χ2n) is 5.93. The molecule has 5 heteroatoms. The molecule has 2 aromatic rings. The molecule has 0 unspecified atom stereocenters. The Morgan fingerprint density at radius 3 is 2.86 bits per heavy atom. The summed E-state index contributed by atoms with van der Waals surface area (Å²) in [7, 11) is 0. The van der Waals surface area contributed by atoms with Crippen LogP contribution in [0.3, 0.4) is 0 Å². The fraction of sp³-hybridized carbons (Fsp3) is 0.471. The van der Waals surface area contributed by atoms with Crippen LogP contribution in [0.15, 0.2) is 30.5 Å². The predicted molar refractivity (Wildman–Crippen MR) is 84.7 cm³/mol. The molecule has 2 heterocycles. The Bertz CT molecular complexity index is 680. The number of benzene rings is 1. The van der Waals surface area contributed by atoms with Gasteiger partial charge in [-0.1, -0.05) is 0 Å². The van der Waals surface area contributed by atoms with Crippen LogP contribution in [0.2, 0.25) is 0 Å². The van der Waals surface area contributed by atoms with Gasteiger partial charge < -0.3 is 19.7 Å². The van der Waals surface area contributed by atoms with Crippen molar-refractivity contribution in [3.8, 4) is 0 Å². The van der Waals surface area contributed by atoms with Crippen molar-refractivity contribution in [2.75, 3.05) is 19.7 Å². The van der Waals surface area contributed by atoms with Crippen molar-refractivity contribution < 1.29 is 15.0 Å². The summed E-state index contributed by atoms with van der Waals surface area (Å²) in [6, 6.07) is 7.75. The van der Waals surface area contributed by atoms with E-state index in [0.717, 1.165) is 17.4 Å². The van der Waals surface area contributed by atoms with Crippen LogP contribution < -0.4 is 0 Å². The molecule has 5 nitrogen and oxygen atoms in total. The lowest BCUT2D eigenvalue weighted by Crippen LogP contribution is -2.47. The average Bonchev–Trinajstić information content (AvgIpc) is 2.96. The number of rotatable bonds is 3. The van der Waals surface area contributed by atoms with Gasteiger partial charge in [0.1, 0.15) is 0 Å². The van der Waals surface area contributed by atoms with E-state index in [4.69, 9.17) is 0 Å². The van der Waals surface area contributed by atoms with Gasteiger partial charge in [0.25, 0.3) is 5.91 Å². The van der Waals surface area contributed by atoms with Gasteiger partial charge in [0.2, 0.25) is 0 Å². The maximum Gasteiger partial charge on any atom is 0.253 e. The van der Waals surface area contributed by atoms with E-state index in [1.807, 2.05) is 30.5 Å². The van der Waals surface area contributed by atoms with E-state index in [0.29, 0.717) is 18.5 Å². The van der Waals surface area contributed by atoms with Crippen molar-refractivity contribution in [2.24, 2.45) is 5.92 Å². The van der Waals surface area contributed by atoms with Crippen LogP contribution in [0.25, 0.3) is 10.9 Å². The molecule has 1 fully saturated rings. The number of hydrogen-bond donors (Lipinski definition) is 2. The normalized spacial score (nSPS) is 22.2. The van der Waals surface area contributed by atoms with E-state index < -0.39 is 6.10 Å². The Kier molecular flexibility index (Phi) is 4.18. The Labute approximate surface area is 129 Å². The largest absolute Gasteiger partial charge is 0.396 e. The number of fused-ring (bicyclic) bond motifs is 1. The summed E-state index contributed by atoms with van der Waals surface area (Å²) in [5, 5.41) is 20.2. The van der Waals surface area contributed by atoms with Crippen LogP contribution in [0.5, 0.6) is 0 Å². The maximum atomic E-state index is 12.6. The summed E-state index contributed by atoms with van der Waals surface area (Å²) < 4.78 is 2.14. The zero-order chi connectivity index (χ0) is 15.7. The van der Waals surface area contributed by atoms with Crippen molar-refractivity contribution in [1.82, 2.24) is 9.47 Å². The molecule has 2 N–H and O–H groups in total. The van der Waals surface area contributed by atoms with Gasteiger partial charge in [-0.05, 0) is 37.6 Å². The zero-order valence-electron chi connectivity index (χ0n) is 12.8. The molecule has 3 rings (SSSR count). The SMILES string of the molecule is CCn1ccc2cc(C(=O)N3CC[C@H](CO)[C@@H](O)C3)ccc21. The van der Waals surface area contributed by atoms with Crippen molar-refractivity contribution in [3.63, 3.8) is 0 Å². The lowest BCUT2D eigenvalue weighted by Gasteiger charge is -2.35. The van der Waals surface area contributed by atoms with Crippen molar-refractivity contribution >= 4 is 16.8 Å². The van der Waals surface area contributed by atoms with Crippen molar-refractivity contribution in [2.45, 2.75) is 26.0 Å². The van der Waals surface area contributed by atoms with Crippen LogP contribution >= 0.6 is 0 Å². The minimum Gasteiger partial charge on any atom is -0.396 e. The van der Waals surface area contributed by atoms with Gasteiger partial charge in [0.15, 0.2) is 0 Å². The highest BCUT2D eigenvalue weighted by Gasteiger charge is 2.30. The molecule has 118 valence electrons. The quantitative estimate of drug-likeness (QED) is 0.902. The highest BCUT2D eigenvalue weighted by Crippen LogP contribution is 2.22. The van der Waals surface area contributed by atoms with Crippen LogP contribution in [0.1, 0.15) is 23.7 Å².